The Balaban J connectivity index is 1.68. The molecule has 3 N–H and O–H groups in total. The summed E-state index contributed by atoms with van der Waals surface area (Å²) in [6.45, 7) is 13.6. The first-order chi connectivity index (χ1) is 30.3. The maximum absolute atomic E-state index is 14.4. The van der Waals surface area contributed by atoms with Gasteiger partial charge in [-0.2, -0.15) is 0 Å². The molecule has 3 fully saturated rings. The van der Waals surface area contributed by atoms with E-state index in [4.69, 9.17) is 23.7 Å². The summed E-state index contributed by atoms with van der Waals surface area (Å²) in [5.74, 6) is -6.38. The third kappa shape index (κ3) is 14.5. The summed E-state index contributed by atoms with van der Waals surface area (Å²) in [6, 6.07) is -1.10. The monoisotopic (exact) mass is 900 g/mol. The molecule has 3 aliphatic heterocycles. The highest BCUT2D eigenvalue weighted by molar-refractivity contribution is 6.39. The number of carbonyl (C=O) groups excluding carboxylic acids is 4. The molecule has 2 saturated heterocycles. The molecule has 0 radical (unpaired) electrons. The molecule has 1 unspecified atom stereocenters. The van der Waals surface area contributed by atoms with Gasteiger partial charge in [0.2, 0.25) is 5.79 Å². The van der Waals surface area contributed by atoms with E-state index >= 15 is 0 Å². The summed E-state index contributed by atoms with van der Waals surface area (Å²) < 4.78 is 29.7. The Labute approximate surface area is 383 Å². The van der Waals surface area contributed by atoms with Gasteiger partial charge in [0.1, 0.15) is 24.0 Å². The smallest absolute Gasteiger partial charge is 0.329 e. The fraction of sp³-hybridized carbons (Fsp3) is 0.765. The van der Waals surface area contributed by atoms with Crippen molar-refractivity contribution in [3.63, 3.8) is 0 Å². The van der Waals surface area contributed by atoms with Crippen LogP contribution in [0.1, 0.15) is 132 Å². The average molecular weight is 900 g/mol. The minimum absolute atomic E-state index is 0.106. The maximum atomic E-state index is 14.4. The molecule has 0 spiro atoms. The number of cyclic esters (lactones) is 1. The molecule has 64 heavy (non-hydrogen) atoms. The molecule has 0 aromatic carbocycles. The summed E-state index contributed by atoms with van der Waals surface area (Å²) in [5.41, 5.74) is 1.54. The van der Waals surface area contributed by atoms with Crippen molar-refractivity contribution in [3.8, 4) is 0 Å². The third-order valence-electron chi connectivity index (χ3n) is 14.5. The lowest BCUT2D eigenvalue weighted by Crippen LogP contribution is -2.61. The Kier molecular flexibility index (Phi) is 21.1. The number of amides is 1. The van der Waals surface area contributed by atoms with Gasteiger partial charge >= 0.3 is 5.97 Å². The van der Waals surface area contributed by atoms with E-state index in [-0.39, 0.29) is 61.0 Å². The lowest BCUT2D eigenvalue weighted by atomic mass is 9.78. The number of nitrogens with zero attached hydrogens (tertiary/aromatic N) is 1. The Morgan fingerprint density at radius 3 is 2.23 bits per heavy atom. The van der Waals surface area contributed by atoms with Crippen molar-refractivity contribution in [3.05, 3.63) is 47.6 Å². The molecule has 13 nitrogen and oxygen atoms in total. The fourth-order valence-corrected chi connectivity index (χ4v) is 10.3. The highest BCUT2D eigenvalue weighted by atomic mass is 16.6. The quantitative estimate of drug-likeness (QED) is 0.142. The number of methoxy groups -OCH3 is 3. The average Bonchev–Trinajstić information content (AvgIpc) is 3.27. The number of hydrogen-bond donors (Lipinski definition) is 3. The molecular formula is C51H81NO12. The van der Waals surface area contributed by atoms with Crippen LogP contribution in [-0.2, 0) is 42.9 Å². The van der Waals surface area contributed by atoms with Crippen LogP contribution in [0.25, 0.3) is 0 Å². The summed E-state index contributed by atoms with van der Waals surface area (Å²) in [6.07, 6.45) is 14.3. The molecule has 0 aromatic heterocycles. The van der Waals surface area contributed by atoms with Crippen LogP contribution in [-0.4, -0.2) is 126 Å². The Hall–Kier alpha value is -3.04. The van der Waals surface area contributed by atoms with Crippen molar-refractivity contribution >= 4 is 23.4 Å². The lowest BCUT2D eigenvalue weighted by molar-refractivity contribution is -0.265. The minimum Gasteiger partial charge on any atom is -0.460 e. The number of ether oxygens (including phenoxy) is 5. The molecule has 4 aliphatic rings. The van der Waals surface area contributed by atoms with E-state index in [0.717, 1.165) is 18.4 Å². The Bertz CT molecular complexity index is 1670. The van der Waals surface area contributed by atoms with Crippen molar-refractivity contribution in [1.82, 2.24) is 4.90 Å². The van der Waals surface area contributed by atoms with Crippen LogP contribution < -0.4 is 0 Å². The molecule has 15 atom stereocenters. The molecule has 1 amide bonds. The third-order valence-corrected chi connectivity index (χ3v) is 14.5. The zero-order valence-corrected chi connectivity index (χ0v) is 40.4. The van der Waals surface area contributed by atoms with Crippen molar-refractivity contribution in [2.45, 2.75) is 186 Å². The summed E-state index contributed by atoms with van der Waals surface area (Å²) in [4.78, 5) is 58.1. The zero-order valence-electron chi connectivity index (χ0n) is 40.4. The molecule has 2 bridgehead atoms. The van der Waals surface area contributed by atoms with Gasteiger partial charge in [0, 0.05) is 52.6 Å². The van der Waals surface area contributed by atoms with Gasteiger partial charge in [0.25, 0.3) is 11.7 Å². The number of esters is 1. The van der Waals surface area contributed by atoms with Gasteiger partial charge in [-0.1, -0.05) is 71.1 Å². The molecule has 362 valence electrons. The van der Waals surface area contributed by atoms with Crippen molar-refractivity contribution in [2.75, 3.05) is 27.9 Å². The second kappa shape index (κ2) is 25.2. The SMILES string of the molecule is CO[C@H]1CC2CC[C@@H](C)[C@@](O)(O2)C(=O)C(=O)N2CCCC[C@H]2C(=O)O[C@H]([C@H](C)C[C@@H]2CC[C@@H](O)[C@H](OC)C2)CC(=O)[C@H](C)C=C(C)[C@@H](O)[C@@H](OC)C[C@H](C)C[C@H](C)C=CC=CC=C1C. The zero-order chi connectivity index (χ0) is 47.3. The normalized spacial score (nSPS) is 38.2. The first kappa shape index (κ1) is 53.6. The van der Waals surface area contributed by atoms with Gasteiger partial charge in [0.05, 0.1) is 30.5 Å². The van der Waals surface area contributed by atoms with Gasteiger partial charge in [0.15, 0.2) is 0 Å². The van der Waals surface area contributed by atoms with E-state index in [0.29, 0.717) is 63.4 Å². The molecule has 3 heterocycles. The van der Waals surface area contributed by atoms with Crippen molar-refractivity contribution in [1.29, 1.82) is 0 Å². The van der Waals surface area contributed by atoms with Crippen LogP contribution in [0, 0.1) is 35.5 Å². The molecule has 13 heteroatoms. The summed E-state index contributed by atoms with van der Waals surface area (Å²) in [5, 5.41) is 33.9. The first-order valence-electron chi connectivity index (χ1n) is 24.0. The number of ketones is 2. The van der Waals surface area contributed by atoms with Gasteiger partial charge in [-0.3, -0.25) is 14.4 Å². The van der Waals surface area contributed by atoms with Gasteiger partial charge in [-0.05, 0) is 119 Å². The van der Waals surface area contributed by atoms with E-state index in [9.17, 15) is 34.5 Å². The lowest BCUT2D eigenvalue weighted by Gasteiger charge is -2.42. The number of aliphatic hydroxyl groups is 3. The number of allylic oxidation sites excluding steroid dienone is 6. The molecule has 0 aromatic rings. The fourth-order valence-electron chi connectivity index (χ4n) is 10.3. The van der Waals surface area contributed by atoms with Crippen molar-refractivity contribution < 1.29 is 58.2 Å². The largest absolute Gasteiger partial charge is 0.460 e. The van der Waals surface area contributed by atoms with Crippen LogP contribution in [0.3, 0.4) is 0 Å². The Morgan fingerprint density at radius 1 is 0.828 bits per heavy atom. The van der Waals surface area contributed by atoms with Crippen LogP contribution >= 0.6 is 0 Å². The molecule has 1 aliphatic carbocycles. The summed E-state index contributed by atoms with van der Waals surface area (Å²) >= 11 is 0. The molecule has 1 saturated carbocycles. The second-order valence-corrected chi connectivity index (χ2v) is 19.7. The van der Waals surface area contributed by atoms with Crippen LogP contribution in [0.5, 0.6) is 0 Å². The number of carbonyl (C=O) groups is 4. The summed E-state index contributed by atoms with van der Waals surface area (Å²) in [7, 11) is 4.78. The topological polar surface area (TPSA) is 178 Å². The van der Waals surface area contributed by atoms with Gasteiger partial charge < -0.3 is 43.9 Å². The number of Topliss-reactive ketones (excluding diaryl/α,β-unsaturated/α-hetero) is 2. The predicted molar refractivity (Wildman–Crippen MR) is 245 cm³/mol. The van der Waals surface area contributed by atoms with E-state index in [1.807, 2.05) is 38.2 Å². The Morgan fingerprint density at radius 2 is 1.55 bits per heavy atom. The number of rotatable bonds is 6. The number of fused-ring (bicyclic) bond motifs is 3. The molecular weight excluding hydrogens is 819 g/mol. The van der Waals surface area contributed by atoms with E-state index < -0.39 is 71.8 Å². The number of piperidine rings is 1. The van der Waals surface area contributed by atoms with Crippen LogP contribution in [0.15, 0.2) is 47.6 Å². The van der Waals surface area contributed by atoms with E-state index in [1.165, 1.54) is 4.90 Å². The molecule has 4 rings (SSSR count). The highest BCUT2D eigenvalue weighted by Crippen LogP contribution is 2.38. The van der Waals surface area contributed by atoms with Gasteiger partial charge in [-0.15, -0.1) is 0 Å². The van der Waals surface area contributed by atoms with E-state index in [1.54, 1.807) is 48.2 Å². The number of hydrogen-bond acceptors (Lipinski definition) is 12. The highest BCUT2D eigenvalue weighted by Gasteiger charge is 2.53. The van der Waals surface area contributed by atoms with Crippen LogP contribution in [0.4, 0.5) is 0 Å². The van der Waals surface area contributed by atoms with E-state index in [2.05, 4.69) is 19.9 Å². The maximum Gasteiger partial charge on any atom is 0.329 e. The second-order valence-electron chi connectivity index (χ2n) is 19.7. The predicted octanol–water partition coefficient (Wildman–Crippen LogP) is 7.00. The van der Waals surface area contributed by atoms with Crippen LogP contribution in [0.2, 0.25) is 0 Å². The van der Waals surface area contributed by atoms with Crippen molar-refractivity contribution in [2.24, 2.45) is 35.5 Å². The van der Waals surface area contributed by atoms with Gasteiger partial charge in [-0.25, -0.2) is 4.79 Å². The standard InChI is InChI=1S/C51H81NO12/c1-31-16-12-11-13-17-33(3)43(60-8)29-39-21-19-37(7)51(59,64-39)48(56)49(57)52-23-15-14-18-40(52)50(58)63-44(35(5)27-38-20-22-41(53)45(28-38)61-9)30-42(54)34(4)26-36(6)47(55)46(62-10)25-32(2)24-31/h11-13,16-17,26,31-32,34-35,37-41,43-47,53,55,59H,14-15,18-25,27-30H2,1-10H3/t31-,32-,34-,35-,37-,38+,39?,40+,41-,43+,44+,45-,46+,47-,51-/m1/s1. The minimum atomic E-state index is -2.40. The first-order valence-corrected chi connectivity index (χ1v) is 24.0. The number of aliphatic hydroxyl groups excluding tert-OH is 2.